The molecule has 166 valence electrons. The molecule has 0 unspecified atom stereocenters. The number of amides is 1. The third-order valence-electron chi connectivity index (χ3n) is 5.58. The molecule has 32 heavy (non-hydrogen) atoms. The minimum absolute atomic E-state index is 0.123. The van der Waals surface area contributed by atoms with Crippen LogP contribution >= 0.6 is 11.3 Å². The number of aromatic nitrogens is 2. The molecular formula is C23H25N5O3S. The van der Waals surface area contributed by atoms with Crippen molar-refractivity contribution in [2.75, 3.05) is 38.3 Å². The molecule has 1 amide bonds. The zero-order valence-corrected chi connectivity index (χ0v) is 18.7. The van der Waals surface area contributed by atoms with Crippen LogP contribution in [0.25, 0.3) is 0 Å². The SMILES string of the molecule is Cc1cccc(Nc2nc(CC(=O)N3CCN(Cc4ccc5c(c4)OCO5)CC3)cs2)n1. The highest BCUT2D eigenvalue weighted by molar-refractivity contribution is 7.13. The number of rotatable bonds is 6. The van der Waals surface area contributed by atoms with E-state index >= 15 is 0 Å². The van der Waals surface area contributed by atoms with E-state index in [0.29, 0.717) is 13.2 Å². The van der Waals surface area contributed by atoms with Crippen molar-refractivity contribution < 1.29 is 14.3 Å². The number of ether oxygens (including phenoxy) is 2. The third-order valence-corrected chi connectivity index (χ3v) is 6.38. The normalized spacial score (nSPS) is 15.7. The maximum Gasteiger partial charge on any atom is 0.231 e. The van der Waals surface area contributed by atoms with Gasteiger partial charge in [0.15, 0.2) is 16.6 Å². The van der Waals surface area contributed by atoms with Gasteiger partial charge in [-0.1, -0.05) is 12.1 Å². The van der Waals surface area contributed by atoms with Crippen LogP contribution in [0.15, 0.2) is 41.8 Å². The summed E-state index contributed by atoms with van der Waals surface area (Å²) in [5.41, 5.74) is 2.93. The van der Waals surface area contributed by atoms with Crippen molar-refractivity contribution in [1.29, 1.82) is 0 Å². The van der Waals surface area contributed by atoms with Crippen molar-refractivity contribution in [3.8, 4) is 11.5 Å². The van der Waals surface area contributed by atoms with E-state index in [9.17, 15) is 4.79 Å². The molecule has 1 saturated heterocycles. The molecule has 2 aliphatic heterocycles. The number of anilines is 2. The van der Waals surface area contributed by atoms with Crippen molar-refractivity contribution in [2.24, 2.45) is 0 Å². The van der Waals surface area contributed by atoms with Gasteiger partial charge in [-0.2, -0.15) is 0 Å². The number of piperazine rings is 1. The first kappa shape index (κ1) is 20.7. The predicted octanol–water partition coefficient (Wildman–Crippen LogP) is 3.21. The molecular weight excluding hydrogens is 426 g/mol. The van der Waals surface area contributed by atoms with Gasteiger partial charge in [-0.15, -0.1) is 11.3 Å². The van der Waals surface area contributed by atoms with E-state index in [2.05, 4.69) is 26.3 Å². The Bertz CT molecular complexity index is 1110. The second kappa shape index (κ2) is 9.13. The Morgan fingerprint density at radius 1 is 1.09 bits per heavy atom. The molecule has 1 aromatic carbocycles. The summed E-state index contributed by atoms with van der Waals surface area (Å²) < 4.78 is 10.8. The van der Waals surface area contributed by atoms with E-state index in [1.54, 1.807) is 0 Å². The highest BCUT2D eigenvalue weighted by Crippen LogP contribution is 2.32. The van der Waals surface area contributed by atoms with E-state index in [1.165, 1.54) is 16.9 Å². The molecule has 5 rings (SSSR count). The average Bonchev–Trinajstić information content (AvgIpc) is 3.43. The number of hydrogen-bond donors (Lipinski definition) is 1. The van der Waals surface area contributed by atoms with Gasteiger partial charge in [0.05, 0.1) is 12.1 Å². The van der Waals surface area contributed by atoms with Crippen LogP contribution in [-0.4, -0.2) is 58.6 Å². The number of aryl methyl sites for hydroxylation is 1. The fraction of sp³-hybridized carbons (Fsp3) is 0.348. The lowest BCUT2D eigenvalue weighted by molar-refractivity contribution is -0.132. The van der Waals surface area contributed by atoms with Crippen LogP contribution in [0.4, 0.5) is 10.9 Å². The molecule has 4 heterocycles. The number of thiazole rings is 1. The molecule has 0 aliphatic carbocycles. The second-order valence-corrected chi connectivity index (χ2v) is 8.81. The quantitative estimate of drug-likeness (QED) is 0.616. The summed E-state index contributed by atoms with van der Waals surface area (Å²) in [4.78, 5) is 26.1. The predicted molar refractivity (Wildman–Crippen MR) is 122 cm³/mol. The lowest BCUT2D eigenvalue weighted by Gasteiger charge is -2.34. The van der Waals surface area contributed by atoms with E-state index in [-0.39, 0.29) is 5.91 Å². The summed E-state index contributed by atoms with van der Waals surface area (Å²) in [7, 11) is 0. The number of benzene rings is 1. The number of pyridine rings is 1. The number of carbonyl (C=O) groups is 1. The standard InChI is InChI=1S/C23H25N5O3S/c1-16-3-2-4-21(24-16)26-23-25-18(14-32-23)12-22(29)28-9-7-27(8-10-28)13-17-5-6-19-20(11-17)31-15-30-19/h2-6,11,14H,7-10,12-13,15H2,1H3,(H,24,25,26). The van der Waals surface area contributed by atoms with Gasteiger partial charge in [-0.05, 0) is 36.8 Å². The molecule has 3 aromatic rings. The molecule has 0 bridgehead atoms. The van der Waals surface area contributed by atoms with Crippen LogP contribution in [0.2, 0.25) is 0 Å². The lowest BCUT2D eigenvalue weighted by atomic mass is 10.1. The first-order valence-electron chi connectivity index (χ1n) is 10.7. The van der Waals surface area contributed by atoms with Crippen LogP contribution in [-0.2, 0) is 17.8 Å². The van der Waals surface area contributed by atoms with Crippen LogP contribution in [0.3, 0.4) is 0 Å². The number of carbonyl (C=O) groups excluding carboxylic acids is 1. The number of nitrogens with one attached hydrogen (secondary N) is 1. The maximum absolute atomic E-state index is 12.8. The summed E-state index contributed by atoms with van der Waals surface area (Å²) in [6, 6.07) is 11.9. The van der Waals surface area contributed by atoms with Crippen molar-refractivity contribution in [1.82, 2.24) is 19.8 Å². The maximum atomic E-state index is 12.8. The summed E-state index contributed by atoms with van der Waals surface area (Å²) in [5, 5.41) is 5.90. The highest BCUT2D eigenvalue weighted by atomic mass is 32.1. The monoisotopic (exact) mass is 451 g/mol. The van der Waals surface area contributed by atoms with E-state index in [4.69, 9.17) is 9.47 Å². The van der Waals surface area contributed by atoms with E-state index < -0.39 is 0 Å². The Hall–Kier alpha value is -3.17. The van der Waals surface area contributed by atoms with Gasteiger partial charge in [-0.25, -0.2) is 9.97 Å². The lowest BCUT2D eigenvalue weighted by Crippen LogP contribution is -2.48. The van der Waals surface area contributed by atoms with Crippen LogP contribution in [0.5, 0.6) is 11.5 Å². The second-order valence-electron chi connectivity index (χ2n) is 7.95. The van der Waals surface area contributed by atoms with Gasteiger partial charge in [0.2, 0.25) is 12.7 Å². The fourth-order valence-electron chi connectivity index (χ4n) is 3.89. The molecule has 2 aromatic heterocycles. The van der Waals surface area contributed by atoms with Gasteiger partial charge in [0, 0.05) is 43.8 Å². The Balaban J connectivity index is 1.10. The van der Waals surface area contributed by atoms with Crippen molar-refractivity contribution in [3.63, 3.8) is 0 Å². The topological polar surface area (TPSA) is 79.8 Å². The van der Waals surface area contributed by atoms with Crippen LogP contribution in [0, 0.1) is 6.92 Å². The molecule has 9 heteroatoms. The number of nitrogens with zero attached hydrogens (tertiary/aromatic N) is 4. The number of fused-ring (bicyclic) bond motifs is 1. The first-order valence-corrected chi connectivity index (χ1v) is 11.5. The van der Waals surface area contributed by atoms with Gasteiger partial charge < -0.3 is 19.7 Å². The fourth-order valence-corrected chi connectivity index (χ4v) is 4.60. The zero-order chi connectivity index (χ0) is 21.9. The van der Waals surface area contributed by atoms with Crippen molar-refractivity contribution in [3.05, 3.63) is 58.7 Å². The van der Waals surface area contributed by atoms with Gasteiger partial charge in [0.25, 0.3) is 0 Å². The van der Waals surface area contributed by atoms with Gasteiger partial charge in [-0.3, -0.25) is 9.69 Å². The molecule has 0 spiro atoms. The minimum atomic E-state index is 0.123. The van der Waals surface area contributed by atoms with Gasteiger partial charge in [0.1, 0.15) is 5.82 Å². The Labute approximate surface area is 190 Å². The van der Waals surface area contributed by atoms with Crippen LogP contribution in [0.1, 0.15) is 17.0 Å². The van der Waals surface area contributed by atoms with E-state index in [1.807, 2.05) is 47.5 Å². The average molecular weight is 452 g/mol. The molecule has 0 saturated carbocycles. The molecule has 1 fully saturated rings. The largest absolute Gasteiger partial charge is 0.454 e. The zero-order valence-electron chi connectivity index (χ0n) is 17.9. The van der Waals surface area contributed by atoms with Crippen molar-refractivity contribution >= 4 is 28.2 Å². The van der Waals surface area contributed by atoms with Gasteiger partial charge >= 0.3 is 0 Å². The highest BCUT2D eigenvalue weighted by Gasteiger charge is 2.23. The Morgan fingerprint density at radius 3 is 2.78 bits per heavy atom. The molecule has 0 atom stereocenters. The van der Waals surface area contributed by atoms with Crippen molar-refractivity contribution in [2.45, 2.75) is 19.9 Å². The molecule has 0 radical (unpaired) electrons. The van der Waals surface area contributed by atoms with Crippen LogP contribution < -0.4 is 14.8 Å². The third kappa shape index (κ3) is 4.84. The molecule has 2 aliphatic rings. The smallest absolute Gasteiger partial charge is 0.231 e. The first-order chi connectivity index (χ1) is 15.6. The summed E-state index contributed by atoms with van der Waals surface area (Å²) in [6.45, 7) is 6.24. The Morgan fingerprint density at radius 2 is 1.94 bits per heavy atom. The number of hydrogen-bond acceptors (Lipinski definition) is 8. The Kier molecular flexibility index (Phi) is 5.91. The molecule has 1 N–H and O–H groups in total. The van der Waals surface area contributed by atoms with E-state index in [0.717, 1.165) is 66.6 Å². The minimum Gasteiger partial charge on any atom is -0.454 e. The summed E-state index contributed by atoms with van der Waals surface area (Å²) >= 11 is 1.49. The molecule has 8 nitrogen and oxygen atoms in total. The summed E-state index contributed by atoms with van der Waals surface area (Å²) in [5.74, 6) is 2.50. The summed E-state index contributed by atoms with van der Waals surface area (Å²) in [6.07, 6.45) is 0.321.